The molecule has 142 valence electrons. The van der Waals surface area contributed by atoms with Crippen molar-refractivity contribution < 1.29 is 23.5 Å². The second-order valence-electron chi connectivity index (χ2n) is 6.33. The van der Waals surface area contributed by atoms with Gasteiger partial charge in [-0.2, -0.15) is 0 Å². The highest BCUT2D eigenvalue weighted by molar-refractivity contribution is 7.15. The van der Waals surface area contributed by atoms with Crippen molar-refractivity contribution in [2.75, 3.05) is 5.32 Å². The number of hydrogen-bond donors (Lipinski definition) is 2. The molecule has 0 saturated carbocycles. The van der Waals surface area contributed by atoms with E-state index in [0.717, 1.165) is 11.3 Å². The van der Waals surface area contributed by atoms with Gasteiger partial charge in [-0.1, -0.05) is 23.7 Å². The first-order valence-corrected chi connectivity index (χ1v) is 9.45. The summed E-state index contributed by atoms with van der Waals surface area (Å²) in [6.07, 6.45) is -0.0350. The lowest BCUT2D eigenvalue weighted by atomic mass is 9.88. The number of hydrogen-bond acceptors (Lipinski definition) is 3. The predicted molar refractivity (Wildman–Crippen MR) is 103 cm³/mol. The lowest BCUT2D eigenvalue weighted by Gasteiger charge is -2.24. The Hall–Kier alpha value is -2.77. The largest absolute Gasteiger partial charge is 0.477 e. The number of carboxylic acids is 1. The Morgan fingerprint density at radius 1 is 1.18 bits per heavy atom. The molecule has 8 heteroatoms. The van der Waals surface area contributed by atoms with Crippen LogP contribution < -0.4 is 5.32 Å². The summed E-state index contributed by atoms with van der Waals surface area (Å²) in [6.45, 7) is 0. The maximum atomic E-state index is 14.5. The van der Waals surface area contributed by atoms with Gasteiger partial charge < -0.3 is 10.4 Å². The van der Waals surface area contributed by atoms with Crippen LogP contribution in [0.5, 0.6) is 0 Å². The topological polar surface area (TPSA) is 66.4 Å². The number of nitrogens with one attached hydrogen (secondary N) is 1. The van der Waals surface area contributed by atoms with Gasteiger partial charge in [0.1, 0.15) is 16.5 Å². The Balaban J connectivity index is 1.96. The fraction of sp³-hybridized carbons (Fsp3) is 0.100. The molecule has 0 bridgehead atoms. The molecule has 0 radical (unpaired) electrons. The maximum absolute atomic E-state index is 14.5. The molecule has 2 heterocycles. The van der Waals surface area contributed by atoms with Crippen LogP contribution >= 0.6 is 22.9 Å². The summed E-state index contributed by atoms with van der Waals surface area (Å²) in [4.78, 5) is 24.7. The molecule has 0 saturated heterocycles. The van der Waals surface area contributed by atoms with Gasteiger partial charge in [0, 0.05) is 27.8 Å². The van der Waals surface area contributed by atoms with Crippen molar-refractivity contribution in [2.45, 2.75) is 12.3 Å². The molecule has 0 fully saturated rings. The van der Waals surface area contributed by atoms with Crippen molar-refractivity contribution in [3.05, 3.63) is 74.4 Å². The summed E-state index contributed by atoms with van der Waals surface area (Å²) in [6, 6.07) is 9.39. The second kappa shape index (κ2) is 7.00. The van der Waals surface area contributed by atoms with Crippen LogP contribution in [0.1, 0.15) is 32.5 Å². The van der Waals surface area contributed by atoms with Gasteiger partial charge in [-0.05, 0) is 41.5 Å². The van der Waals surface area contributed by atoms with E-state index >= 15 is 0 Å². The average molecular weight is 420 g/mol. The Bertz CT molecular complexity index is 1110. The number of carbonyl (C=O) groups excluding carboxylic acids is 1. The summed E-state index contributed by atoms with van der Waals surface area (Å²) in [5.41, 5.74) is 1.28. The SMILES string of the molecule is O=C1CC(c2cc(Cl)ccc2F)c2sc(C(=O)O)c(-c3ccc(F)cc3)c2N1. The van der Waals surface area contributed by atoms with Gasteiger partial charge >= 0.3 is 5.97 Å². The molecule has 1 atom stereocenters. The summed E-state index contributed by atoms with van der Waals surface area (Å²) >= 11 is 6.97. The lowest BCUT2D eigenvalue weighted by molar-refractivity contribution is -0.116. The van der Waals surface area contributed by atoms with E-state index in [2.05, 4.69) is 5.32 Å². The van der Waals surface area contributed by atoms with Crippen LogP contribution in [0.3, 0.4) is 0 Å². The molecule has 2 N–H and O–H groups in total. The molecule has 3 aromatic rings. The predicted octanol–water partition coefficient (Wildman–Crippen LogP) is 5.52. The fourth-order valence-electron chi connectivity index (χ4n) is 3.36. The number of fused-ring (bicyclic) bond motifs is 1. The van der Waals surface area contributed by atoms with E-state index in [1.807, 2.05) is 0 Å². The number of amides is 1. The molecule has 28 heavy (non-hydrogen) atoms. The molecule has 0 aliphatic carbocycles. The zero-order chi connectivity index (χ0) is 20.0. The van der Waals surface area contributed by atoms with Crippen molar-refractivity contribution in [3.63, 3.8) is 0 Å². The minimum Gasteiger partial charge on any atom is -0.477 e. The molecule has 4 nitrogen and oxygen atoms in total. The molecule has 1 amide bonds. The van der Waals surface area contributed by atoms with Gasteiger partial charge in [0.05, 0.1) is 5.69 Å². The normalized spacial score (nSPS) is 15.8. The Morgan fingerprint density at radius 3 is 2.57 bits per heavy atom. The molecule has 1 unspecified atom stereocenters. The van der Waals surface area contributed by atoms with Crippen molar-refractivity contribution in [3.8, 4) is 11.1 Å². The van der Waals surface area contributed by atoms with Gasteiger partial charge in [0.25, 0.3) is 0 Å². The first-order chi connectivity index (χ1) is 13.3. The number of rotatable bonds is 3. The molecule has 4 rings (SSSR count). The summed E-state index contributed by atoms with van der Waals surface area (Å²) in [7, 11) is 0. The van der Waals surface area contributed by atoms with Crippen LogP contribution in [0, 0.1) is 11.6 Å². The summed E-state index contributed by atoms with van der Waals surface area (Å²) in [5, 5.41) is 12.7. The zero-order valence-corrected chi connectivity index (χ0v) is 15.7. The Morgan fingerprint density at radius 2 is 1.89 bits per heavy atom. The number of halogens is 3. The molecule has 1 aromatic heterocycles. The van der Waals surface area contributed by atoms with Crippen LogP contribution in [0.4, 0.5) is 14.5 Å². The van der Waals surface area contributed by atoms with Gasteiger partial charge in [-0.3, -0.25) is 4.79 Å². The first-order valence-electron chi connectivity index (χ1n) is 8.26. The third-order valence-electron chi connectivity index (χ3n) is 4.57. The zero-order valence-electron chi connectivity index (χ0n) is 14.1. The maximum Gasteiger partial charge on any atom is 0.346 e. The van der Waals surface area contributed by atoms with Crippen molar-refractivity contribution in [1.82, 2.24) is 0 Å². The van der Waals surface area contributed by atoms with Gasteiger partial charge in [-0.25, -0.2) is 13.6 Å². The van der Waals surface area contributed by atoms with Crippen molar-refractivity contribution in [1.29, 1.82) is 0 Å². The molecule has 2 aromatic carbocycles. The van der Waals surface area contributed by atoms with Crippen molar-refractivity contribution >= 4 is 40.5 Å². The fourth-order valence-corrected chi connectivity index (χ4v) is 4.78. The molecule has 0 spiro atoms. The third kappa shape index (κ3) is 3.16. The summed E-state index contributed by atoms with van der Waals surface area (Å²) in [5.74, 6) is -3.20. The van der Waals surface area contributed by atoms with Crippen LogP contribution in [0.25, 0.3) is 11.1 Å². The quantitative estimate of drug-likeness (QED) is 0.587. The third-order valence-corrected chi connectivity index (χ3v) is 6.09. The molecular weight excluding hydrogens is 408 g/mol. The molecular formula is C20H12ClF2NO3S. The van der Waals surface area contributed by atoms with E-state index in [4.69, 9.17) is 11.6 Å². The number of carbonyl (C=O) groups is 2. The first kappa shape index (κ1) is 18.6. The monoisotopic (exact) mass is 419 g/mol. The van der Waals surface area contributed by atoms with Gasteiger partial charge in [-0.15, -0.1) is 11.3 Å². The highest BCUT2D eigenvalue weighted by Gasteiger charge is 2.35. The van der Waals surface area contributed by atoms with Crippen LogP contribution in [0.15, 0.2) is 42.5 Å². The van der Waals surface area contributed by atoms with E-state index in [1.54, 1.807) is 0 Å². The summed E-state index contributed by atoms with van der Waals surface area (Å²) < 4.78 is 27.8. The number of carboxylic acid groups (broad SMARTS) is 1. The van der Waals surface area contributed by atoms with Crippen LogP contribution in [-0.4, -0.2) is 17.0 Å². The van der Waals surface area contributed by atoms with Gasteiger partial charge in [0.2, 0.25) is 5.91 Å². The van der Waals surface area contributed by atoms with Gasteiger partial charge in [0.15, 0.2) is 0 Å². The van der Waals surface area contributed by atoms with Crippen LogP contribution in [0.2, 0.25) is 5.02 Å². The highest BCUT2D eigenvalue weighted by atomic mass is 35.5. The van der Waals surface area contributed by atoms with Crippen LogP contribution in [-0.2, 0) is 4.79 Å². The minimum atomic E-state index is -1.18. The van der Waals surface area contributed by atoms with E-state index < -0.39 is 23.5 Å². The smallest absolute Gasteiger partial charge is 0.346 e. The average Bonchev–Trinajstić information content (AvgIpc) is 3.03. The van der Waals surface area contributed by atoms with E-state index in [-0.39, 0.29) is 28.3 Å². The number of anilines is 1. The van der Waals surface area contributed by atoms with E-state index in [0.29, 0.717) is 21.2 Å². The number of aromatic carboxylic acids is 1. The molecule has 1 aliphatic heterocycles. The Kier molecular flexibility index (Phi) is 4.64. The number of thiophene rings is 1. The van der Waals surface area contributed by atoms with Crippen molar-refractivity contribution in [2.24, 2.45) is 0 Å². The Labute approximate surface area is 167 Å². The minimum absolute atomic E-state index is 0.00811. The number of benzene rings is 2. The molecule has 1 aliphatic rings. The standard InChI is InChI=1S/C20H12ClF2NO3S/c21-10-3-6-14(23)12(7-10)13-8-15(25)24-17-16(9-1-4-11(22)5-2-9)19(20(26)27)28-18(13)17/h1-7,13H,8H2,(H,24,25)(H,26,27). The lowest BCUT2D eigenvalue weighted by Crippen LogP contribution is -2.23. The van der Waals surface area contributed by atoms with E-state index in [9.17, 15) is 23.5 Å². The second-order valence-corrected chi connectivity index (χ2v) is 7.82. The van der Waals surface area contributed by atoms with E-state index in [1.165, 1.54) is 42.5 Å². The highest BCUT2D eigenvalue weighted by Crippen LogP contribution is 2.50.